The van der Waals surface area contributed by atoms with E-state index in [0.717, 1.165) is 17.0 Å². The summed E-state index contributed by atoms with van der Waals surface area (Å²) < 4.78 is 0. The molecule has 0 spiro atoms. The van der Waals surface area contributed by atoms with E-state index in [9.17, 15) is 14.4 Å². The van der Waals surface area contributed by atoms with Crippen molar-refractivity contribution in [3.8, 4) is 0 Å². The standard InChI is InChI=1S/C18H18N2O3/c21-14(9-6-11-4-2-1-3-5-11)19-20-17(22)15-12-7-8-13(10-12)16(15)18(20)23/h1-5,7-8,12-13,15-16H,6,9-10H2,(H,19,21)/t12-,13-,15-,16-/m0/s1. The van der Waals surface area contributed by atoms with Gasteiger partial charge in [-0.15, -0.1) is 0 Å². The maximum atomic E-state index is 12.5. The van der Waals surface area contributed by atoms with Crippen LogP contribution in [0.2, 0.25) is 0 Å². The summed E-state index contributed by atoms with van der Waals surface area (Å²) in [5, 5.41) is 0.967. The van der Waals surface area contributed by atoms with E-state index in [1.54, 1.807) is 0 Å². The van der Waals surface area contributed by atoms with Crippen molar-refractivity contribution in [2.75, 3.05) is 0 Å². The number of carbonyl (C=O) groups excluding carboxylic acids is 3. The van der Waals surface area contributed by atoms with Gasteiger partial charge in [-0.1, -0.05) is 42.5 Å². The molecule has 2 bridgehead atoms. The molecule has 118 valence electrons. The summed E-state index contributed by atoms with van der Waals surface area (Å²) in [5.41, 5.74) is 3.57. The Bertz CT molecular complexity index is 667. The van der Waals surface area contributed by atoms with Crippen molar-refractivity contribution in [2.24, 2.45) is 23.7 Å². The number of benzene rings is 1. The number of aryl methyl sites for hydroxylation is 1. The molecule has 1 N–H and O–H groups in total. The van der Waals surface area contributed by atoms with Crippen molar-refractivity contribution in [3.05, 3.63) is 48.0 Å². The average molecular weight is 310 g/mol. The minimum Gasteiger partial charge on any atom is -0.273 e. The van der Waals surface area contributed by atoms with Crippen LogP contribution in [-0.4, -0.2) is 22.7 Å². The Morgan fingerprint density at radius 3 is 2.26 bits per heavy atom. The zero-order chi connectivity index (χ0) is 16.0. The fourth-order valence-corrected chi connectivity index (χ4v) is 4.10. The first-order valence-corrected chi connectivity index (χ1v) is 8.04. The predicted molar refractivity (Wildman–Crippen MR) is 82.5 cm³/mol. The number of rotatable bonds is 4. The van der Waals surface area contributed by atoms with E-state index in [4.69, 9.17) is 0 Å². The van der Waals surface area contributed by atoms with E-state index in [0.29, 0.717) is 6.42 Å². The second-order valence-corrected chi connectivity index (χ2v) is 6.53. The molecule has 0 aromatic heterocycles. The molecular formula is C18H18N2O3. The predicted octanol–water partition coefficient (Wildman–Crippen LogP) is 1.46. The largest absolute Gasteiger partial charge is 0.273 e. The highest BCUT2D eigenvalue weighted by Crippen LogP contribution is 2.52. The normalized spacial score (nSPS) is 30.9. The van der Waals surface area contributed by atoms with Crippen LogP contribution in [0.15, 0.2) is 42.5 Å². The summed E-state index contributed by atoms with van der Waals surface area (Å²) in [5.74, 6) is -1.01. The summed E-state index contributed by atoms with van der Waals surface area (Å²) in [6, 6.07) is 9.67. The Labute approximate surface area is 134 Å². The quantitative estimate of drug-likeness (QED) is 0.676. The van der Waals surface area contributed by atoms with Crippen LogP contribution in [0.5, 0.6) is 0 Å². The SMILES string of the molecule is O=C(CCc1ccccc1)NN1C(=O)[C@@H]2[C@@H](C1=O)[C@H]1C=C[C@H]2C1. The Balaban J connectivity index is 1.39. The molecule has 4 atom stereocenters. The Morgan fingerprint density at radius 1 is 1.04 bits per heavy atom. The van der Waals surface area contributed by atoms with Gasteiger partial charge in [-0.2, -0.15) is 5.01 Å². The molecule has 3 amide bonds. The Hall–Kier alpha value is -2.43. The summed E-state index contributed by atoms with van der Waals surface area (Å²) in [4.78, 5) is 37.0. The maximum Gasteiger partial charge on any atom is 0.252 e. The second kappa shape index (κ2) is 5.33. The number of nitrogens with zero attached hydrogens (tertiary/aromatic N) is 1. The molecular weight excluding hydrogens is 292 g/mol. The van der Waals surface area contributed by atoms with Crippen molar-refractivity contribution in [1.29, 1.82) is 0 Å². The van der Waals surface area contributed by atoms with Crippen LogP contribution in [-0.2, 0) is 20.8 Å². The molecule has 5 heteroatoms. The highest BCUT2D eigenvalue weighted by molar-refractivity contribution is 6.07. The lowest BCUT2D eigenvalue weighted by molar-refractivity contribution is -0.149. The van der Waals surface area contributed by atoms with Crippen molar-refractivity contribution in [3.63, 3.8) is 0 Å². The van der Waals surface area contributed by atoms with Crippen LogP contribution in [0.4, 0.5) is 0 Å². The number of hydrogen-bond donors (Lipinski definition) is 1. The van der Waals surface area contributed by atoms with Gasteiger partial charge in [0.15, 0.2) is 0 Å². The number of amides is 3. The van der Waals surface area contributed by atoms with Gasteiger partial charge < -0.3 is 0 Å². The maximum absolute atomic E-state index is 12.5. The molecule has 3 aliphatic rings. The average Bonchev–Trinajstić information content (AvgIpc) is 3.24. The zero-order valence-electron chi connectivity index (χ0n) is 12.6. The first kappa shape index (κ1) is 14.2. The third-order valence-corrected chi connectivity index (χ3v) is 5.19. The van der Waals surface area contributed by atoms with Crippen molar-refractivity contribution in [2.45, 2.75) is 19.3 Å². The van der Waals surface area contributed by atoms with Crippen LogP contribution in [0.25, 0.3) is 0 Å². The number of imide groups is 1. The highest BCUT2D eigenvalue weighted by Gasteiger charge is 2.59. The monoisotopic (exact) mass is 310 g/mol. The molecule has 1 aromatic carbocycles. The van der Waals surface area contributed by atoms with Gasteiger partial charge in [0.05, 0.1) is 11.8 Å². The number of carbonyl (C=O) groups is 3. The number of hydrazine groups is 1. The van der Waals surface area contributed by atoms with Crippen LogP contribution in [0, 0.1) is 23.7 Å². The molecule has 4 rings (SSSR count). The molecule has 5 nitrogen and oxygen atoms in total. The smallest absolute Gasteiger partial charge is 0.252 e. The van der Waals surface area contributed by atoms with Gasteiger partial charge in [-0.25, -0.2) is 0 Å². The van der Waals surface area contributed by atoms with Gasteiger partial charge in [-0.05, 0) is 30.2 Å². The molecule has 1 heterocycles. The molecule has 2 aliphatic carbocycles. The summed E-state index contributed by atoms with van der Waals surface area (Å²) in [7, 11) is 0. The summed E-state index contributed by atoms with van der Waals surface area (Å²) in [6.45, 7) is 0. The molecule has 1 aliphatic heterocycles. The minimum atomic E-state index is -0.296. The fourth-order valence-electron chi connectivity index (χ4n) is 4.10. The van der Waals surface area contributed by atoms with Crippen molar-refractivity contribution < 1.29 is 14.4 Å². The summed E-state index contributed by atoms with van der Waals surface area (Å²) >= 11 is 0. The van der Waals surface area contributed by atoms with Gasteiger partial charge in [0, 0.05) is 6.42 Å². The summed E-state index contributed by atoms with van der Waals surface area (Å²) in [6.07, 6.45) is 5.81. The third-order valence-electron chi connectivity index (χ3n) is 5.19. The van der Waals surface area contributed by atoms with Gasteiger partial charge in [-0.3, -0.25) is 19.8 Å². The lowest BCUT2D eigenvalue weighted by atomic mass is 9.85. The van der Waals surface area contributed by atoms with Crippen LogP contribution >= 0.6 is 0 Å². The first-order valence-electron chi connectivity index (χ1n) is 8.04. The van der Waals surface area contributed by atoms with E-state index < -0.39 is 0 Å². The Kier molecular flexibility index (Phi) is 3.29. The van der Waals surface area contributed by atoms with Crippen LogP contribution < -0.4 is 5.43 Å². The highest BCUT2D eigenvalue weighted by atomic mass is 16.2. The second-order valence-electron chi connectivity index (χ2n) is 6.53. The van der Waals surface area contributed by atoms with Crippen LogP contribution in [0.3, 0.4) is 0 Å². The molecule has 1 saturated carbocycles. The van der Waals surface area contributed by atoms with Crippen LogP contribution in [0.1, 0.15) is 18.4 Å². The number of nitrogens with one attached hydrogen (secondary N) is 1. The van der Waals surface area contributed by atoms with E-state index in [1.807, 2.05) is 42.5 Å². The Morgan fingerprint density at radius 2 is 1.65 bits per heavy atom. The van der Waals surface area contributed by atoms with Gasteiger partial charge in [0.1, 0.15) is 0 Å². The van der Waals surface area contributed by atoms with Crippen molar-refractivity contribution in [1.82, 2.24) is 10.4 Å². The molecule has 1 aromatic rings. The molecule has 23 heavy (non-hydrogen) atoms. The number of fused-ring (bicyclic) bond motifs is 5. The van der Waals surface area contributed by atoms with E-state index in [1.165, 1.54) is 0 Å². The van der Waals surface area contributed by atoms with Gasteiger partial charge in [0.25, 0.3) is 11.8 Å². The molecule has 0 unspecified atom stereocenters. The molecule has 2 fully saturated rings. The molecule has 0 radical (unpaired) electrons. The van der Waals surface area contributed by atoms with Crippen molar-refractivity contribution >= 4 is 17.7 Å². The lowest BCUT2D eigenvalue weighted by Crippen LogP contribution is -2.47. The minimum absolute atomic E-state index is 0.160. The molecule has 1 saturated heterocycles. The fraction of sp³-hybridized carbons (Fsp3) is 0.389. The van der Waals surface area contributed by atoms with E-state index in [-0.39, 0.29) is 47.8 Å². The topological polar surface area (TPSA) is 66.5 Å². The lowest BCUT2D eigenvalue weighted by Gasteiger charge is -2.17. The van der Waals surface area contributed by atoms with E-state index >= 15 is 0 Å². The number of hydrogen-bond acceptors (Lipinski definition) is 3. The van der Waals surface area contributed by atoms with Gasteiger partial charge in [0.2, 0.25) is 5.91 Å². The zero-order valence-corrected chi connectivity index (χ0v) is 12.6. The number of allylic oxidation sites excluding steroid dienone is 2. The van der Waals surface area contributed by atoms with E-state index in [2.05, 4.69) is 5.43 Å². The third kappa shape index (κ3) is 2.27. The van der Waals surface area contributed by atoms with Gasteiger partial charge >= 0.3 is 0 Å². The first-order chi connectivity index (χ1) is 11.1.